The van der Waals surface area contributed by atoms with Gasteiger partial charge < -0.3 is 15.3 Å². The third-order valence-corrected chi connectivity index (χ3v) is 5.06. The van der Waals surface area contributed by atoms with Crippen LogP contribution >= 0.6 is 0 Å². The van der Waals surface area contributed by atoms with Crippen molar-refractivity contribution in [1.82, 2.24) is 0 Å². The van der Waals surface area contributed by atoms with Gasteiger partial charge in [-0.1, -0.05) is 64.0 Å². The molecule has 0 saturated heterocycles. The first-order valence-electron chi connectivity index (χ1n) is 9.78. The number of aliphatic hydroxyl groups excluding tert-OH is 3. The fourth-order valence-electron chi connectivity index (χ4n) is 3.55. The predicted molar refractivity (Wildman–Crippen MR) is 96.7 cm³/mol. The first kappa shape index (κ1) is 21.3. The number of carbonyl (C=O) groups is 1. The maximum absolute atomic E-state index is 12.1. The monoisotopic (exact) mass is 340 g/mol. The standard InChI is InChI=1S/C20H36O4/c1-2-3-7-10-16(22)12-13-18-17(19(23)15-20(18)24)11-8-5-4-6-9-14-21/h12-13,16-18,20-22,24H,2-11,14-15H2,1H3/b13-12+/t16-,17+,18-,20+/m0/s1. The first-order valence-corrected chi connectivity index (χ1v) is 9.78. The highest BCUT2D eigenvalue weighted by molar-refractivity contribution is 5.84. The number of ketones is 1. The normalized spacial score (nSPS) is 25.7. The van der Waals surface area contributed by atoms with Crippen molar-refractivity contribution in [2.24, 2.45) is 11.8 Å². The van der Waals surface area contributed by atoms with Gasteiger partial charge in [0.1, 0.15) is 5.78 Å². The molecule has 1 aliphatic carbocycles. The van der Waals surface area contributed by atoms with E-state index in [1.54, 1.807) is 6.08 Å². The number of hydrogen-bond donors (Lipinski definition) is 3. The summed E-state index contributed by atoms with van der Waals surface area (Å²) >= 11 is 0. The Kier molecular flexibility index (Phi) is 11.2. The summed E-state index contributed by atoms with van der Waals surface area (Å²) in [4.78, 5) is 12.1. The van der Waals surface area contributed by atoms with Crippen LogP contribution in [-0.4, -0.2) is 39.9 Å². The van der Waals surface area contributed by atoms with Gasteiger partial charge in [-0.05, 0) is 19.3 Å². The molecule has 0 spiro atoms. The lowest BCUT2D eigenvalue weighted by Crippen LogP contribution is -2.19. The molecule has 0 bridgehead atoms. The lowest BCUT2D eigenvalue weighted by molar-refractivity contribution is -0.121. The smallest absolute Gasteiger partial charge is 0.139 e. The Labute approximate surface area is 147 Å². The van der Waals surface area contributed by atoms with Crippen molar-refractivity contribution < 1.29 is 20.1 Å². The SMILES string of the molecule is CCCCC[C@H](O)/C=C/[C@@H]1[C@H](O)CC(=O)[C@@H]1CCCCCCCO. The van der Waals surface area contributed by atoms with Gasteiger partial charge in [-0.2, -0.15) is 0 Å². The van der Waals surface area contributed by atoms with Gasteiger partial charge in [-0.3, -0.25) is 4.79 Å². The fraction of sp³-hybridized carbons (Fsp3) is 0.850. The summed E-state index contributed by atoms with van der Waals surface area (Å²) in [6.45, 7) is 2.39. The van der Waals surface area contributed by atoms with E-state index in [1.807, 2.05) is 6.08 Å². The Balaban J connectivity index is 2.40. The van der Waals surface area contributed by atoms with Gasteiger partial charge in [0, 0.05) is 24.9 Å². The molecule has 0 radical (unpaired) electrons. The van der Waals surface area contributed by atoms with Crippen LogP contribution in [0.25, 0.3) is 0 Å². The highest BCUT2D eigenvalue weighted by atomic mass is 16.3. The molecule has 0 aromatic rings. The molecule has 0 aromatic carbocycles. The molecule has 0 heterocycles. The average molecular weight is 341 g/mol. The molecule has 0 aliphatic heterocycles. The number of Topliss-reactive ketones (excluding diaryl/α,β-unsaturated/α-hetero) is 1. The molecule has 1 saturated carbocycles. The van der Waals surface area contributed by atoms with E-state index in [4.69, 9.17) is 5.11 Å². The molecule has 4 heteroatoms. The molecule has 4 atom stereocenters. The molecule has 24 heavy (non-hydrogen) atoms. The van der Waals surface area contributed by atoms with Crippen LogP contribution in [0.3, 0.4) is 0 Å². The van der Waals surface area contributed by atoms with Crippen molar-refractivity contribution in [3.05, 3.63) is 12.2 Å². The van der Waals surface area contributed by atoms with E-state index < -0.39 is 12.2 Å². The Bertz CT molecular complexity index is 367. The maximum Gasteiger partial charge on any atom is 0.139 e. The van der Waals surface area contributed by atoms with Gasteiger partial charge >= 0.3 is 0 Å². The van der Waals surface area contributed by atoms with Crippen LogP contribution in [0.15, 0.2) is 12.2 Å². The third-order valence-electron chi connectivity index (χ3n) is 5.06. The summed E-state index contributed by atoms with van der Waals surface area (Å²) in [5.74, 6) is -0.0827. The number of hydrogen-bond acceptors (Lipinski definition) is 4. The van der Waals surface area contributed by atoms with Gasteiger partial charge in [0.25, 0.3) is 0 Å². The molecule has 0 unspecified atom stereocenters. The van der Waals surface area contributed by atoms with Crippen LogP contribution in [-0.2, 0) is 4.79 Å². The molecule has 1 fully saturated rings. The van der Waals surface area contributed by atoms with Crippen LogP contribution in [0.4, 0.5) is 0 Å². The molecule has 1 aliphatic rings. The van der Waals surface area contributed by atoms with E-state index in [2.05, 4.69) is 6.92 Å². The summed E-state index contributed by atoms with van der Waals surface area (Å²) < 4.78 is 0. The summed E-state index contributed by atoms with van der Waals surface area (Å²) in [6, 6.07) is 0. The van der Waals surface area contributed by atoms with Gasteiger partial charge in [0.2, 0.25) is 0 Å². The molecule has 3 N–H and O–H groups in total. The minimum absolute atomic E-state index is 0.100. The lowest BCUT2D eigenvalue weighted by atomic mass is 9.88. The second kappa shape index (κ2) is 12.6. The van der Waals surface area contributed by atoms with E-state index in [0.717, 1.165) is 64.2 Å². The van der Waals surface area contributed by atoms with E-state index in [1.165, 1.54) is 0 Å². The van der Waals surface area contributed by atoms with Gasteiger partial charge in [0.05, 0.1) is 12.2 Å². The minimum atomic E-state index is -0.601. The highest BCUT2D eigenvalue weighted by Crippen LogP contribution is 2.34. The van der Waals surface area contributed by atoms with Gasteiger partial charge in [0.15, 0.2) is 0 Å². The number of aliphatic hydroxyl groups is 3. The fourth-order valence-corrected chi connectivity index (χ4v) is 3.55. The number of unbranched alkanes of at least 4 members (excludes halogenated alkanes) is 6. The summed E-state index contributed by atoms with van der Waals surface area (Å²) in [6.07, 6.45) is 12.7. The summed E-state index contributed by atoms with van der Waals surface area (Å²) in [5, 5.41) is 28.9. The predicted octanol–water partition coefficient (Wildman–Crippen LogP) is 3.38. The third kappa shape index (κ3) is 7.91. The Morgan fingerprint density at radius 2 is 1.83 bits per heavy atom. The van der Waals surface area contributed by atoms with Crippen LogP contribution < -0.4 is 0 Å². The Hall–Kier alpha value is -0.710. The summed E-state index contributed by atoms with van der Waals surface area (Å²) in [5.41, 5.74) is 0. The molecule has 0 aromatic heterocycles. The van der Waals surface area contributed by atoms with E-state index in [9.17, 15) is 15.0 Å². The second-order valence-electron chi connectivity index (χ2n) is 7.15. The number of rotatable bonds is 13. The number of carbonyl (C=O) groups excluding carboxylic acids is 1. The zero-order valence-electron chi connectivity index (χ0n) is 15.2. The largest absolute Gasteiger partial charge is 0.396 e. The molecule has 4 nitrogen and oxygen atoms in total. The Morgan fingerprint density at radius 3 is 2.54 bits per heavy atom. The quantitative estimate of drug-likeness (QED) is 0.355. The molecular weight excluding hydrogens is 304 g/mol. The van der Waals surface area contributed by atoms with Crippen LogP contribution in [0.5, 0.6) is 0 Å². The lowest BCUT2D eigenvalue weighted by Gasteiger charge is -2.18. The van der Waals surface area contributed by atoms with Crippen molar-refractivity contribution in [2.75, 3.05) is 6.61 Å². The first-order chi connectivity index (χ1) is 11.6. The molecular formula is C20H36O4. The van der Waals surface area contributed by atoms with Gasteiger partial charge in [-0.15, -0.1) is 0 Å². The van der Waals surface area contributed by atoms with Gasteiger partial charge in [-0.25, -0.2) is 0 Å². The maximum atomic E-state index is 12.1. The van der Waals surface area contributed by atoms with Crippen molar-refractivity contribution >= 4 is 5.78 Å². The van der Waals surface area contributed by atoms with Crippen LogP contribution in [0.1, 0.15) is 77.6 Å². The Morgan fingerprint density at radius 1 is 1.12 bits per heavy atom. The van der Waals surface area contributed by atoms with Crippen molar-refractivity contribution in [1.29, 1.82) is 0 Å². The van der Waals surface area contributed by atoms with Crippen molar-refractivity contribution in [2.45, 2.75) is 89.8 Å². The molecule has 140 valence electrons. The summed E-state index contributed by atoms with van der Waals surface area (Å²) in [7, 11) is 0. The zero-order chi connectivity index (χ0) is 17.8. The average Bonchev–Trinajstić information content (AvgIpc) is 2.82. The topological polar surface area (TPSA) is 77.8 Å². The highest BCUT2D eigenvalue weighted by Gasteiger charge is 2.39. The molecule has 1 rings (SSSR count). The van der Waals surface area contributed by atoms with Crippen molar-refractivity contribution in [3.8, 4) is 0 Å². The van der Waals surface area contributed by atoms with E-state index in [-0.39, 0.29) is 30.6 Å². The van der Waals surface area contributed by atoms with E-state index in [0.29, 0.717) is 0 Å². The van der Waals surface area contributed by atoms with Crippen LogP contribution in [0, 0.1) is 11.8 Å². The minimum Gasteiger partial charge on any atom is -0.396 e. The molecule has 0 amide bonds. The second-order valence-corrected chi connectivity index (χ2v) is 7.15. The van der Waals surface area contributed by atoms with E-state index >= 15 is 0 Å². The van der Waals surface area contributed by atoms with Crippen molar-refractivity contribution in [3.63, 3.8) is 0 Å². The van der Waals surface area contributed by atoms with Crippen LogP contribution in [0.2, 0.25) is 0 Å². The zero-order valence-corrected chi connectivity index (χ0v) is 15.2.